The summed E-state index contributed by atoms with van der Waals surface area (Å²) in [6.45, 7) is 20.0. The lowest BCUT2D eigenvalue weighted by molar-refractivity contribution is -0.295. The lowest BCUT2D eigenvalue weighted by Gasteiger charge is -2.47. The SMILES string of the molecule is CO[C@]1(C)C[C@@H](C)CN(C)[C@@H](C2CCN(CC(C)C)CC2)COC(=O)C(C)(C)C(=O)[C@H](C)[C@H]1O[C@@H]1O[C@H](C)C[C@H](N(C)C)[C@H]1O. The highest BCUT2D eigenvalue weighted by Gasteiger charge is 2.51. The smallest absolute Gasteiger partial charge is 0.319 e. The molecule has 1 N–H and O–H groups in total. The predicted molar refractivity (Wildman–Crippen MR) is 176 cm³/mol. The van der Waals surface area contributed by atoms with Crippen LogP contribution in [0.15, 0.2) is 0 Å². The number of likely N-dealkylation sites (N-methyl/N-ethyl adjacent to an activating group) is 2. The molecule has 0 spiro atoms. The number of aliphatic hydroxyl groups excluding tert-OH is 1. The highest BCUT2D eigenvalue weighted by molar-refractivity contribution is 6.04. The van der Waals surface area contributed by atoms with Crippen LogP contribution in [0.3, 0.4) is 0 Å². The quantitative estimate of drug-likeness (QED) is 0.328. The molecular weight excluding hydrogens is 574 g/mol. The number of piperidine rings is 1. The first kappa shape index (κ1) is 38.3. The number of ether oxygens (including phenoxy) is 4. The summed E-state index contributed by atoms with van der Waals surface area (Å²) in [5.41, 5.74) is -2.30. The zero-order chi connectivity index (χ0) is 33.9. The third-order valence-electron chi connectivity index (χ3n) is 10.7. The molecule has 0 aromatic rings. The first-order chi connectivity index (χ1) is 20.9. The van der Waals surface area contributed by atoms with E-state index in [1.807, 2.05) is 32.8 Å². The summed E-state index contributed by atoms with van der Waals surface area (Å²) < 4.78 is 25.1. The van der Waals surface area contributed by atoms with Crippen molar-refractivity contribution in [1.82, 2.24) is 14.7 Å². The molecule has 3 heterocycles. The lowest BCUT2D eigenvalue weighted by atomic mass is 9.74. The number of carbonyl (C=O) groups excluding carboxylic acids is 2. The number of carbonyl (C=O) groups is 2. The highest BCUT2D eigenvalue weighted by atomic mass is 16.7. The average Bonchev–Trinajstić information content (AvgIpc) is 2.96. The van der Waals surface area contributed by atoms with Crippen molar-refractivity contribution in [3.63, 3.8) is 0 Å². The largest absolute Gasteiger partial charge is 0.463 e. The second-order valence-electron chi connectivity index (χ2n) is 15.9. The van der Waals surface area contributed by atoms with Gasteiger partial charge < -0.3 is 33.9 Å². The molecule has 262 valence electrons. The Kier molecular flexibility index (Phi) is 13.5. The Bertz CT molecular complexity index is 969. The van der Waals surface area contributed by atoms with E-state index in [9.17, 15) is 14.7 Å². The average molecular weight is 640 g/mol. The minimum absolute atomic E-state index is 0.0535. The standard InChI is InChI=1S/C35H65N3O7/c1-22(2)19-38-15-13-26(14-16-38)28-21-43-33(41)34(6,7)30(40)25(5)31(35(8,42-12)18-23(3)20-37(28)11)45-32-29(39)27(36(9)10)17-24(4)44-32/h22-29,31-32,39H,13-21H2,1-12H3/t23-,24-,25+,27+,28-,29-,31-,32+,35-/m1/s1. The van der Waals surface area contributed by atoms with Gasteiger partial charge in [-0.1, -0.05) is 27.7 Å². The fourth-order valence-corrected chi connectivity index (χ4v) is 8.10. The highest BCUT2D eigenvalue weighted by Crippen LogP contribution is 2.38. The van der Waals surface area contributed by atoms with Gasteiger partial charge in [-0.05, 0) is 105 Å². The van der Waals surface area contributed by atoms with E-state index in [0.29, 0.717) is 24.7 Å². The van der Waals surface area contributed by atoms with Crippen LogP contribution in [0.5, 0.6) is 0 Å². The molecule has 3 aliphatic rings. The lowest BCUT2D eigenvalue weighted by Crippen LogP contribution is -2.59. The number of likely N-dealkylation sites (tertiary alicyclic amines) is 1. The molecule has 9 atom stereocenters. The molecule has 0 radical (unpaired) electrons. The second kappa shape index (κ2) is 15.8. The summed E-state index contributed by atoms with van der Waals surface area (Å²) in [5, 5.41) is 11.3. The molecule has 3 rings (SSSR count). The van der Waals surface area contributed by atoms with E-state index in [1.165, 1.54) is 0 Å². The van der Waals surface area contributed by atoms with Gasteiger partial charge in [0.15, 0.2) is 12.1 Å². The number of aliphatic hydroxyl groups is 1. The van der Waals surface area contributed by atoms with Gasteiger partial charge in [-0.15, -0.1) is 0 Å². The van der Waals surface area contributed by atoms with Crippen molar-refractivity contribution in [2.75, 3.05) is 61.0 Å². The summed E-state index contributed by atoms with van der Waals surface area (Å²) >= 11 is 0. The van der Waals surface area contributed by atoms with Gasteiger partial charge in [-0.2, -0.15) is 0 Å². The van der Waals surface area contributed by atoms with Crippen LogP contribution in [0.1, 0.15) is 81.1 Å². The molecule has 10 heteroatoms. The second-order valence-corrected chi connectivity index (χ2v) is 15.9. The van der Waals surface area contributed by atoms with E-state index in [1.54, 1.807) is 27.9 Å². The number of nitrogens with zero attached hydrogens (tertiary/aromatic N) is 3. The van der Waals surface area contributed by atoms with Crippen LogP contribution < -0.4 is 0 Å². The van der Waals surface area contributed by atoms with Crippen molar-refractivity contribution in [2.24, 2.45) is 29.1 Å². The molecule has 3 aliphatic heterocycles. The van der Waals surface area contributed by atoms with Gasteiger partial charge in [0.2, 0.25) is 0 Å². The number of rotatable bonds is 7. The van der Waals surface area contributed by atoms with Crippen molar-refractivity contribution >= 4 is 11.8 Å². The van der Waals surface area contributed by atoms with Crippen LogP contribution in [-0.4, -0.2) is 135 Å². The fourth-order valence-electron chi connectivity index (χ4n) is 8.10. The topological polar surface area (TPSA) is 101 Å². The van der Waals surface area contributed by atoms with Crippen LogP contribution in [0.25, 0.3) is 0 Å². The predicted octanol–water partition coefficient (Wildman–Crippen LogP) is 3.69. The first-order valence-corrected chi connectivity index (χ1v) is 17.3. The fraction of sp³-hybridized carbons (Fsp3) is 0.943. The monoisotopic (exact) mass is 639 g/mol. The third-order valence-corrected chi connectivity index (χ3v) is 10.7. The molecule has 0 aromatic carbocycles. The molecule has 0 unspecified atom stereocenters. The molecule has 0 aromatic heterocycles. The number of Topliss-reactive ketones (excluding diaryl/α,β-unsaturated/α-hetero) is 1. The maximum Gasteiger partial charge on any atom is 0.319 e. The Morgan fingerprint density at radius 2 is 1.71 bits per heavy atom. The summed E-state index contributed by atoms with van der Waals surface area (Å²) in [7, 11) is 7.64. The van der Waals surface area contributed by atoms with E-state index in [2.05, 4.69) is 37.6 Å². The number of hydrogen-bond acceptors (Lipinski definition) is 10. The van der Waals surface area contributed by atoms with Crippen molar-refractivity contribution in [1.29, 1.82) is 0 Å². The van der Waals surface area contributed by atoms with E-state index < -0.39 is 41.4 Å². The minimum atomic E-state index is -1.40. The van der Waals surface area contributed by atoms with Crippen LogP contribution in [0, 0.1) is 29.1 Å². The van der Waals surface area contributed by atoms with Crippen molar-refractivity contribution in [3.8, 4) is 0 Å². The maximum absolute atomic E-state index is 14.2. The van der Waals surface area contributed by atoms with E-state index in [-0.39, 0.29) is 36.5 Å². The number of cyclic esters (lactones) is 1. The van der Waals surface area contributed by atoms with Crippen LogP contribution >= 0.6 is 0 Å². The van der Waals surface area contributed by atoms with Gasteiger partial charge >= 0.3 is 5.97 Å². The van der Waals surface area contributed by atoms with Gasteiger partial charge in [-0.25, -0.2) is 0 Å². The van der Waals surface area contributed by atoms with E-state index in [4.69, 9.17) is 18.9 Å². The normalized spacial score (nSPS) is 38.9. The molecule has 3 fully saturated rings. The first-order valence-electron chi connectivity index (χ1n) is 17.3. The number of ketones is 1. The minimum Gasteiger partial charge on any atom is -0.463 e. The Balaban J connectivity index is 1.94. The van der Waals surface area contributed by atoms with Crippen molar-refractivity contribution in [3.05, 3.63) is 0 Å². The number of esters is 1. The summed E-state index contributed by atoms with van der Waals surface area (Å²) in [6, 6.07) is -0.112. The van der Waals surface area contributed by atoms with Crippen molar-refractivity contribution < 1.29 is 33.6 Å². The molecule has 0 bridgehead atoms. The van der Waals surface area contributed by atoms with Gasteiger partial charge in [0.1, 0.15) is 18.1 Å². The van der Waals surface area contributed by atoms with Gasteiger partial charge in [0.25, 0.3) is 0 Å². The molecule has 10 nitrogen and oxygen atoms in total. The van der Waals surface area contributed by atoms with Crippen LogP contribution in [0.4, 0.5) is 0 Å². The summed E-state index contributed by atoms with van der Waals surface area (Å²) in [6.07, 6.45) is 0.570. The summed E-state index contributed by atoms with van der Waals surface area (Å²) in [4.78, 5) is 34.8. The van der Waals surface area contributed by atoms with Gasteiger partial charge in [-0.3, -0.25) is 14.5 Å². The number of methoxy groups -OCH3 is 1. The van der Waals surface area contributed by atoms with Gasteiger partial charge in [0, 0.05) is 38.2 Å². The summed E-state index contributed by atoms with van der Waals surface area (Å²) in [5.74, 6) is -0.338. The maximum atomic E-state index is 14.2. The van der Waals surface area contributed by atoms with E-state index >= 15 is 0 Å². The van der Waals surface area contributed by atoms with E-state index in [0.717, 1.165) is 39.0 Å². The van der Waals surface area contributed by atoms with Crippen molar-refractivity contribution in [2.45, 2.75) is 123 Å². The molecular formula is C35H65N3O7. The van der Waals surface area contributed by atoms with Crippen LogP contribution in [-0.2, 0) is 28.5 Å². The van der Waals surface area contributed by atoms with Crippen LogP contribution in [0.2, 0.25) is 0 Å². The third kappa shape index (κ3) is 9.27. The molecule has 45 heavy (non-hydrogen) atoms. The van der Waals surface area contributed by atoms with Gasteiger partial charge in [0.05, 0.1) is 17.8 Å². The zero-order valence-electron chi connectivity index (χ0n) is 30.4. The Morgan fingerprint density at radius 1 is 1.09 bits per heavy atom. The molecule has 0 amide bonds. The Hall–Kier alpha value is -1.14. The Labute approximate surface area is 273 Å². The molecule has 0 aliphatic carbocycles. The zero-order valence-corrected chi connectivity index (χ0v) is 30.4. The molecule has 0 saturated carbocycles. The Morgan fingerprint density at radius 3 is 2.27 bits per heavy atom. The molecule has 3 saturated heterocycles. The number of hydrogen-bond donors (Lipinski definition) is 1.